The van der Waals surface area contributed by atoms with Crippen LogP contribution < -0.4 is 0 Å². The highest BCUT2D eigenvalue weighted by molar-refractivity contribution is 5.80. The molecule has 2 saturated heterocycles. The summed E-state index contributed by atoms with van der Waals surface area (Å²) in [5.74, 6) is 1.78. The molecule has 2 aromatic rings. The van der Waals surface area contributed by atoms with Gasteiger partial charge in [-0.15, -0.1) is 0 Å². The van der Waals surface area contributed by atoms with Crippen LogP contribution in [-0.2, 0) is 11.3 Å². The van der Waals surface area contributed by atoms with Gasteiger partial charge in [0.05, 0.1) is 6.04 Å². The topological polar surface area (TPSA) is 36.4 Å². The molecule has 1 aliphatic carbocycles. The standard InChI is InChI=1S/C26H33N3O/c1-19-7-5-6-10-23(19)25-24-18-28(15-20-11-13-27-14-12-20)16-22(24)17-29(25)26(30)21-8-3-2-4-9-21/h5-7,10-14,21-22,24-25H,2-4,8-9,15-18H2,1H3/t22-,24-,25+/m0/s1. The van der Waals surface area contributed by atoms with Crippen LogP contribution in [0.4, 0.5) is 0 Å². The van der Waals surface area contributed by atoms with Crippen LogP contribution in [0.2, 0.25) is 0 Å². The van der Waals surface area contributed by atoms with E-state index in [9.17, 15) is 4.79 Å². The fourth-order valence-electron chi connectivity index (χ4n) is 6.14. The molecule has 3 atom stereocenters. The average Bonchev–Trinajstić information content (AvgIpc) is 3.32. The number of fused-ring (bicyclic) bond motifs is 1. The van der Waals surface area contributed by atoms with Crippen molar-refractivity contribution in [2.75, 3.05) is 19.6 Å². The Morgan fingerprint density at radius 1 is 1.00 bits per heavy atom. The number of hydrogen-bond donors (Lipinski definition) is 0. The van der Waals surface area contributed by atoms with Crippen molar-refractivity contribution >= 4 is 5.91 Å². The van der Waals surface area contributed by atoms with Gasteiger partial charge in [-0.25, -0.2) is 0 Å². The summed E-state index contributed by atoms with van der Waals surface area (Å²) in [5.41, 5.74) is 4.00. The number of aryl methyl sites for hydroxylation is 1. The first-order valence-electron chi connectivity index (χ1n) is 11.7. The summed E-state index contributed by atoms with van der Waals surface area (Å²) >= 11 is 0. The molecule has 0 radical (unpaired) electrons. The number of rotatable bonds is 4. The minimum atomic E-state index is 0.230. The Kier molecular flexibility index (Phi) is 5.60. The molecule has 2 aliphatic heterocycles. The Labute approximate surface area is 180 Å². The van der Waals surface area contributed by atoms with Gasteiger partial charge in [0.25, 0.3) is 0 Å². The van der Waals surface area contributed by atoms with Crippen LogP contribution in [-0.4, -0.2) is 40.3 Å². The lowest BCUT2D eigenvalue weighted by molar-refractivity contribution is -0.138. The van der Waals surface area contributed by atoms with Crippen molar-refractivity contribution in [2.24, 2.45) is 17.8 Å². The molecular formula is C26H33N3O. The summed E-state index contributed by atoms with van der Waals surface area (Å²) in [6.07, 6.45) is 9.65. The SMILES string of the molecule is Cc1ccccc1[C@@H]1[C@H]2CN(Cc3ccncc3)C[C@H]2CN1C(=O)C1CCCCC1. The third-order valence-electron chi connectivity index (χ3n) is 7.64. The Hall–Kier alpha value is -2.20. The fourth-order valence-corrected chi connectivity index (χ4v) is 6.14. The zero-order chi connectivity index (χ0) is 20.5. The smallest absolute Gasteiger partial charge is 0.226 e. The first kappa shape index (κ1) is 19.7. The maximum absolute atomic E-state index is 13.6. The van der Waals surface area contributed by atoms with Gasteiger partial charge < -0.3 is 4.90 Å². The summed E-state index contributed by atoms with van der Waals surface area (Å²) in [5, 5.41) is 0. The van der Waals surface area contributed by atoms with Crippen LogP contribution in [0.25, 0.3) is 0 Å². The molecule has 4 heteroatoms. The zero-order valence-corrected chi connectivity index (χ0v) is 18.0. The zero-order valence-electron chi connectivity index (χ0n) is 18.0. The lowest BCUT2D eigenvalue weighted by Crippen LogP contribution is -2.40. The number of carbonyl (C=O) groups excluding carboxylic acids is 1. The number of hydrogen-bond acceptors (Lipinski definition) is 3. The number of likely N-dealkylation sites (tertiary alicyclic amines) is 2. The van der Waals surface area contributed by atoms with Crippen LogP contribution in [0.1, 0.15) is 54.8 Å². The molecule has 1 saturated carbocycles. The van der Waals surface area contributed by atoms with E-state index < -0.39 is 0 Å². The minimum Gasteiger partial charge on any atom is -0.335 e. The number of aromatic nitrogens is 1. The normalized spacial score (nSPS) is 27.4. The largest absolute Gasteiger partial charge is 0.335 e. The summed E-state index contributed by atoms with van der Waals surface area (Å²) < 4.78 is 0. The number of pyridine rings is 1. The molecule has 158 valence electrons. The molecule has 0 spiro atoms. The molecule has 3 fully saturated rings. The highest BCUT2D eigenvalue weighted by atomic mass is 16.2. The predicted octanol–water partition coefficient (Wildman–Crippen LogP) is 4.60. The van der Waals surface area contributed by atoms with Crippen molar-refractivity contribution < 1.29 is 4.79 Å². The maximum Gasteiger partial charge on any atom is 0.226 e. The van der Waals surface area contributed by atoms with E-state index in [-0.39, 0.29) is 12.0 Å². The van der Waals surface area contributed by atoms with E-state index >= 15 is 0 Å². The fraction of sp³-hybridized carbons (Fsp3) is 0.538. The quantitative estimate of drug-likeness (QED) is 0.748. The van der Waals surface area contributed by atoms with Gasteiger partial charge in [0.1, 0.15) is 0 Å². The number of amides is 1. The minimum absolute atomic E-state index is 0.230. The molecule has 0 unspecified atom stereocenters. The van der Waals surface area contributed by atoms with Gasteiger partial charge in [0, 0.05) is 50.4 Å². The Bertz CT molecular complexity index is 877. The van der Waals surface area contributed by atoms with E-state index in [1.54, 1.807) is 0 Å². The van der Waals surface area contributed by atoms with Crippen LogP contribution in [0.3, 0.4) is 0 Å². The highest BCUT2D eigenvalue weighted by Gasteiger charge is 2.50. The Morgan fingerprint density at radius 2 is 1.77 bits per heavy atom. The average molecular weight is 404 g/mol. The van der Waals surface area contributed by atoms with Gasteiger partial charge in [0.2, 0.25) is 5.91 Å². The second-order valence-electron chi connectivity index (χ2n) is 9.60. The molecule has 1 aromatic heterocycles. The van der Waals surface area contributed by atoms with E-state index in [0.717, 1.165) is 39.0 Å². The van der Waals surface area contributed by atoms with Crippen LogP contribution in [0.5, 0.6) is 0 Å². The first-order chi connectivity index (χ1) is 14.7. The third-order valence-corrected chi connectivity index (χ3v) is 7.64. The lowest BCUT2D eigenvalue weighted by atomic mass is 9.86. The van der Waals surface area contributed by atoms with Gasteiger partial charge in [-0.05, 0) is 54.5 Å². The molecule has 30 heavy (non-hydrogen) atoms. The molecule has 5 rings (SSSR count). The van der Waals surface area contributed by atoms with Crippen molar-refractivity contribution in [3.8, 4) is 0 Å². The van der Waals surface area contributed by atoms with Crippen molar-refractivity contribution in [3.05, 3.63) is 65.5 Å². The van der Waals surface area contributed by atoms with Gasteiger partial charge in [0.15, 0.2) is 0 Å². The molecule has 0 bridgehead atoms. The predicted molar refractivity (Wildman–Crippen MR) is 119 cm³/mol. The highest BCUT2D eigenvalue weighted by Crippen LogP contribution is 2.47. The van der Waals surface area contributed by atoms with Gasteiger partial charge in [-0.3, -0.25) is 14.7 Å². The number of carbonyl (C=O) groups is 1. The molecule has 1 amide bonds. The van der Waals surface area contributed by atoms with Gasteiger partial charge >= 0.3 is 0 Å². The van der Waals surface area contributed by atoms with Gasteiger partial charge in [-0.1, -0.05) is 43.5 Å². The first-order valence-corrected chi connectivity index (χ1v) is 11.7. The third kappa shape index (κ3) is 3.78. The van der Waals surface area contributed by atoms with E-state index in [0.29, 0.717) is 17.7 Å². The van der Waals surface area contributed by atoms with Crippen LogP contribution >= 0.6 is 0 Å². The molecular weight excluding hydrogens is 370 g/mol. The van der Waals surface area contributed by atoms with Crippen LogP contribution in [0.15, 0.2) is 48.8 Å². The van der Waals surface area contributed by atoms with E-state index in [2.05, 4.69) is 58.1 Å². The van der Waals surface area contributed by atoms with E-state index in [4.69, 9.17) is 0 Å². The van der Waals surface area contributed by atoms with Crippen LogP contribution in [0, 0.1) is 24.7 Å². The maximum atomic E-state index is 13.6. The Balaban J connectivity index is 1.39. The molecule has 4 nitrogen and oxygen atoms in total. The monoisotopic (exact) mass is 403 g/mol. The van der Waals surface area contributed by atoms with Crippen molar-refractivity contribution in [1.82, 2.24) is 14.8 Å². The molecule has 0 N–H and O–H groups in total. The summed E-state index contributed by atoms with van der Waals surface area (Å²) in [4.78, 5) is 22.6. The van der Waals surface area contributed by atoms with Crippen molar-refractivity contribution in [3.63, 3.8) is 0 Å². The summed E-state index contributed by atoms with van der Waals surface area (Å²) in [7, 11) is 0. The molecule has 3 aliphatic rings. The van der Waals surface area contributed by atoms with Crippen molar-refractivity contribution in [1.29, 1.82) is 0 Å². The molecule has 3 heterocycles. The number of nitrogens with zero attached hydrogens (tertiary/aromatic N) is 3. The van der Waals surface area contributed by atoms with E-state index in [1.165, 1.54) is 36.0 Å². The van der Waals surface area contributed by atoms with E-state index in [1.807, 2.05) is 12.4 Å². The lowest BCUT2D eigenvalue weighted by Gasteiger charge is -2.34. The Morgan fingerprint density at radius 3 is 2.53 bits per heavy atom. The second kappa shape index (κ2) is 8.50. The summed E-state index contributed by atoms with van der Waals surface area (Å²) in [6, 6.07) is 13.2. The molecule has 1 aromatic carbocycles. The number of benzene rings is 1. The second-order valence-corrected chi connectivity index (χ2v) is 9.60. The van der Waals surface area contributed by atoms with Crippen molar-refractivity contribution in [2.45, 2.75) is 51.6 Å². The van der Waals surface area contributed by atoms with Gasteiger partial charge in [-0.2, -0.15) is 0 Å². The summed E-state index contributed by atoms with van der Waals surface area (Å²) in [6.45, 7) is 6.26.